The largest absolute Gasteiger partial charge is 0.465 e. The lowest BCUT2D eigenvalue weighted by atomic mass is 10.0. The first-order valence-corrected chi connectivity index (χ1v) is 6.12. The second-order valence-corrected chi connectivity index (χ2v) is 4.05. The molecule has 1 aromatic carbocycles. The molecular formula is C12H14Cl2O2. The van der Waals surface area contributed by atoms with E-state index in [1.54, 1.807) is 6.07 Å². The molecule has 0 fully saturated rings. The minimum atomic E-state index is -0.348. The van der Waals surface area contributed by atoms with E-state index in [-0.39, 0.29) is 5.97 Å². The van der Waals surface area contributed by atoms with Gasteiger partial charge in [-0.3, -0.25) is 0 Å². The molecule has 0 radical (unpaired) electrons. The Morgan fingerprint density at radius 3 is 2.69 bits per heavy atom. The van der Waals surface area contributed by atoms with E-state index in [1.165, 1.54) is 7.11 Å². The molecule has 16 heavy (non-hydrogen) atoms. The van der Waals surface area contributed by atoms with Crippen molar-refractivity contribution >= 4 is 29.2 Å². The van der Waals surface area contributed by atoms with E-state index in [0.717, 1.165) is 24.0 Å². The quantitative estimate of drug-likeness (QED) is 0.600. The number of carbonyl (C=O) groups is 1. The third-order valence-corrected chi connectivity index (χ3v) is 2.87. The van der Waals surface area contributed by atoms with E-state index in [0.29, 0.717) is 17.3 Å². The Bertz CT molecular complexity index is 364. The predicted octanol–water partition coefficient (Wildman–Crippen LogP) is 3.38. The lowest BCUT2D eigenvalue weighted by Crippen LogP contribution is -2.05. The van der Waals surface area contributed by atoms with Gasteiger partial charge in [0.05, 0.1) is 12.7 Å². The highest BCUT2D eigenvalue weighted by molar-refractivity contribution is 6.18. The van der Waals surface area contributed by atoms with Crippen LogP contribution < -0.4 is 0 Å². The normalized spacial score (nSPS) is 10.2. The summed E-state index contributed by atoms with van der Waals surface area (Å²) in [7, 11) is 1.36. The van der Waals surface area contributed by atoms with Crippen molar-refractivity contribution in [2.45, 2.75) is 18.7 Å². The Hall–Kier alpha value is -0.730. The zero-order valence-electron chi connectivity index (χ0n) is 9.13. The Balaban J connectivity index is 2.92. The Kier molecular flexibility index (Phi) is 5.64. The van der Waals surface area contributed by atoms with Crippen molar-refractivity contribution in [1.29, 1.82) is 0 Å². The third-order valence-electron chi connectivity index (χ3n) is 2.32. The lowest BCUT2D eigenvalue weighted by Gasteiger charge is -2.07. The van der Waals surface area contributed by atoms with Gasteiger partial charge in [-0.15, -0.1) is 23.2 Å². The van der Waals surface area contributed by atoms with Crippen LogP contribution in [0.5, 0.6) is 0 Å². The molecule has 0 saturated carbocycles. The van der Waals surface area contributed by atoms with Crippen LogP contribution in [-0.2, 0) is 17.0 Å². The standard InChI is InChI=1S/C12H14Cl2O2/c1-16-12(15)11-5-4-9(3-2-6-13)7-10(11)8-14/h4-5,7H,2-3,6,8H2,1H3. The van der Waals surface area contributed by atoms with Crippen molar-refractivity contribution in [3.05, 3.63) is 34.9 Å². The second-order valence-electron chi connectivity index (χ2n) is 3.41. The van der Waals surface area contributed by atoms with Crippen molar-refractivity contribution < 1.29 is 9.53 Å². The number of alkyl halides is 2. The number of methoxy groups -OCH3 is 1. The van der Waals surface area contributed by atoms with Crippen LogP contribution >= 0.6 is 23.2 Å². The number of hydrogen-bond acceptors (Lipinski definition) is 2. The van der Waals surface area contributed by atoms with Gasteiger partial charge in [-0.2, -0.15) is 0 Å². The fraction of sp³-hybridized carbons (Fsp3) is 0.417. The van der Waals surface area contributed by atoms with Crippen molar-refractivity contribution in [2.75, 3.05) is 13.0 Å². The molecule has 0 bridgehead atoms. The van der Waals surface area contributed by atoms with Gasteiger partial charge in [0.25, 0.3) is 0 Å². The molecule has 0 aliphatic heterocycles. The molecule has 0 unspecified atom stereocenters. The molecule has 0 aromatic heterocycles. The molecule has 1 rings (SSSR count). The van der Waals surface area contributed by atoms with Crippen LogP contribution in [0.25, 0.3) is 0 Å². The van der Waals surface area contributed by atoms with Crippen molar-refractivity contribution in [1.82, 2.24) is 0 Å². The highest BCUT2D eigenvalue weighted by atomic mass is 35.5. The number of halogens is 2. The maximum Gasteiger partial charge on any atom is 0.338 e. The SMILES string of the molecule is COC(=O)c1ccc(CCCCl)cc1CCl. The number of hydrogen-bond donors (Lipinski definition) is 0. The highest BCUT2D eigenvalue weighted by Crippen LogP contribution is 2.17. The summed E-state index contributed by atoms with van der Waals surface area (Å²) in [6.45, 7) is 0. The van der Waals surface area contributed by atoms with Crippen LogP contribution in [0.2, 0.25) is 0 Å². The number of aryl methyl sites for hydroxylation is 1. The van der Waals surface area contributed by atoms with Gasteiger partial charge in [-0.05, 0) is 30.0 Å². The van der Waals surface area contributed by atoms with Gasteiger partial charge in [0, 0.05) is 11.8 Å². The number of benzene rings is 1. The van der Waals surface area contributed by atoms with E-state index in [1.807, 2.05) is 12.1 Å². The van der Waals surface area contributed by atoms with Crippen LogP contribution in [-0.4, -0.2) is 19.0 Å². The molecule has 88 valence electrons. The molecular weight excluding hydrogens is 247 g/mol. The van der Waals surface area contributed by atoms with Crippen LogP contribution in [0, 0.1) is 0 Å². The molecule has 0 atom stereocenters. The molecule has 2 nitrogen and oxygen atoms in total. The fourth-order valence-corrected chi connectivity index (χ4v) is 1.85. The highest BCUT2D eigenvalue weighted by Gasteiger charge is 2.11. The maximum absolute atomic E-state index is 11.4. The summed E-state index contributed by atoms with van der Waals surface area (Å²) in [6, 6.07) is 5.60. The first-order chi connectivity index (χ1) is 7.72. The smallest absolute Gasteiger partial charge is 0.338 e. The number of esters is 1. The minimum Gasteiger partial charge on any atom is -0.465 e. The Morgan fingerprint density at radius 2 is 2.12 bits per heavy atom. The molecule has 0 aliphatic rings. The first-order valence-electron chi connectivity index (χ1n) is 5.05. The van der Waals surface area contributed by atoms with Gasteiger partial charge in [0.15, 0.2) is 0 Å². The lowest BCUT2D eigenvalue weighted by molar-refractivity contribution is 0.0600. The van der Waals surface area contributed by atoms with Gasteiger partial charge in [-0.25, -0.2) is 4.79 Å². The summed E-state index contributed by atoms with van der Waals surface area (Å²) in [4.78, 5) is 11.4. The number of carbonyl (C=O) groups excluding carboxylic acids is 1. The van der Waals surface area contributed by atoms with Crippen molar-refractivity contribution in [3.63, 3.8) is 0 Å². The van der Waals surface area contributed by atoms with Crippen LogP contribution in [0.3, 0.4) is 0 Å². The van der Waals surface area contributed by atoms with Crippen molar-refractivity contribution in [3.8, 4) is 0 Å². The van der Waals surface area contributed by atoms with E-state index >= 15 is 0 Å². The average Bonchev–Trinajstić information content (AvgIpc) is 2.34. The minimum absolute atomic E-state index is 0.305. The molecule has 0 spiro atoms. The average molecular weight is 261 g/mol. The monoisotopic (exact) mass is 260 g/mol. The topological polar surface area (TPSA) is 26.3 Å². The van der Waals surface area contributed by atoms with E-state index in [9.17, 15) is 4.79 Å². The summed E-state index contributed by atoms with van der Waals surface area (Å²) < 4.78 is 4.68. The summed E-state index contributed by atoms with van der Waals surface area (Å²) in [6.07, 6.45) is 1.82. The predicted molar refractivity (Wildman–Crippen MR) is 66.4 cm³/mol. The second kappa shape index (κ2) is 6.77. The molecule has 1 aromatic rings. The zero-order valence-corrected chi connectivity index (χ0v) is 10.6. The van der Waals surface area contributed by atoms with Crippen LogP contribution in [0.1, 0.15) is 27.9 Å². The van der Waals surface area contributed by atoms with Crippen molar-refractivity contribution in [2.24, 2.45) is 0 Å². The molecule has 0 amide bonds. The van der Waals surface area contributed by atoms with E-state index < -0.39 is 0 Å². The summed E-state index contributed by atoms with van der Waals surface area (Å²) in [5.41, 5.74) is 2.48. The van der Waals surface area contributed by atoms with Gasteiger partial charge < -0.3 is 4.74 Å². The van der Waals surface area contributed by atoms with Gasteiger partial charge in [0.2, 0.25) is 0 Å². The number of rotatable bonds is 5. The summed E-state index contributed by atoms with van der Waals surface area (Å²) in [5.74, 6) is 0.591. The van der Waals surface area contributed by atoms with Crippen LogP contribution in [0.15, 0.2) is 18.2 Å². The Labute approximate surface area is 106 Å². The molecule has 4 heteroatoms. The molecule has 0 saturated heterocycles. The molecule has 0 N–H and O–H groups in total. The van der Waals surface area contributed by atoms with Gasteiger partial charge in [-0.1, -0.05) is 12.1 Å². The summed E-state index contributed by atoms with van der Waals surface area (Å²) >= 11 is 11.4. The fourth-order valence-electron chi connectivity index (χ4n) is 1.49. The van der Waals surface area contributed by atoms with E-state index in [2.05, 4.69) is 4.74 Å². The zero-order chi connectivity index (χ0) is 12.0. The maximum atomic E-state index is 11.4. The molecule has 0 aliphatic carbocycles. The van der Waals surface area contributed by atoms with Gasteiger partial charge in [0.1, 0.15) is 0 Å². The molecule has 0 heterocycles. The summed E-state index contributed by atoms with van der Waals surface area (Å²) in [5, 5.41) is 0. The Morgan fingerprint density at radius 1 is 1.38 bits per heavy atom. The van der Waals surface area contributed by atoms with E-state index in [4.69, 9.17) is 23.2 Å². The van der Waals surface area contributed by atoms with Crippen LogP contribution in [0.4, 0.5) is 0 Å². The third kappa shape index (κ3) is 3.39. The number of ether oxygens (including phenoxy) is 1. The van der Waals surface area contributed by atoms with Gasteiger partial charge >= 0.3 is 5.97 Å². The first kappa shape index (κ1) is 13.3.